The molecule has 0 spiro atoms. The second kappa shape index (κ2) is 7.72. The Morgan fingerprint density at radius 3 is 2.43 bits per heavy atom. The molecule has 0 aliphatic carbocycles. The lowest BCUT2D eigenvalue weighted by Gasteiger charge is -2.36. The van der Waals surface area contributed by atoms with E-state index in [1.807, 2.05) is 13.8 Å². The predicted octanol–water partition coefficient (Wildman–Crippen LogP) is 0.306. The molecular weight excluding hydrogens is 274 g/mol. The molecule has 2 aliphatic rings. The molecular formula is C14H25N3O4. The van der Waals surface area contributed by atoms with Gasteiger partial charge >= 0.3 is 6.03 Å². The maximum atomic E-state index is 12.0. The molecule has 7 nitrogen and oxygen atoms in total. The zero-order chi connectivity index (χ0) is 15.2. The van der Waals surface area contributed by atoms with E-state index in [9.17, 15) is 9.59 Å². The first-order valence-electron chi connectivity index (χ1n) is 7.67. The van der Waals surface area contributed by atoms with Crippen LogP contribution in [0.25, 0.3) is 0 Å². The standard InChI is InChI=1S/C14H25N3O4/c1-3-15-14(19)16-12(18)10(2)17-6-4-11(5-7-17)13-20-8-9-21-13/h10-11,13H,3-9H2,1-2H3,(H2,15,16,18,19). The molecule has 0 bridgehead atoms. The van der Waals surface area contributed by atoms with Crippen molar-refractivity contribution in [1.82, 2.24) is 15.5 Å². The van der Waals surface area contributed by atoms with E-state index in [0.29, 0.717) is 25.7 Å². The van der Waals surface area contributed by atoms with E-state index in [1.54, 1.807) is 0 Å². The number of hydrogen-bond acceptors (Lipinski definition) is 5. The Morgan fingerprint density at radius 1 is 1.24 bits per heavy atom. The number of nitrogens with one attached hydrogen (secondary N) is 2. The summed E-state index contributed by atoms with van der Waals surface area (Å²) in [5, 5.41) is 4.92. The number of imide groups is 1. The lowest BCUT2D eigenvalue weighted by molar-refractivity contribution is -0.127. The summed E-state index contributed by atoms with van der Waals surface area (Å²) in [6.45, 7) is 7.13. The minimum atomic E-state index is -0.433. The fraction of sp³-hybridized carbons (Fsp3) is 0.857. The summed E-state index contributed by atoms with van der Waals surface area (Å²) in [6, 6.07) is -0.740. The molecule has 2 fully saturated rings. The monoisotopic (exact) mass is 299 g/mol. The molecule has 0 aromatic heterocycles. The molecule has 0 aromatic rings. The van der Waals surface area contributed by atoms with Crippen molar-refractivity contribution < 1.29 is 19.1 Å². The van der Waals surface area contributed by atoms with Crippen LogP contribution in [-0.4, -0.2) is 62.0 Å². The predicted molar refractivity (Wildman–Crippen MR) is 76.7 cm³/mol. The van der Waals surface area contributed by atoms with Crippen molar-refractivity contribution in [3.63, 3.8) is 0 Å². The highest BCUT2D eigenvalue weighted by molar-refractivity contribution is 5.96. The third kappa shape index (κ3) is 4.39. The largest absolute Gasteiger partial charge is 0.350 e. The first-order chi connectivity index (χ1) is 10.1. The molecule has 120 valence electrons. The third-order valence-corrected chi connectivity index (χ3v) is 4.11. The maximum Gasteiger partial charge on any atom is 0.321 e. The van der Waals surface area contributed by atoms with Crippen LogP contribution >= 0.6 is 0 Å². The number of carbonyl (C=O) groups excluding carboxylic acids is 2. The zero-order valence-electron chi connectivity index (χ0n) is 12.8. The highest BCUT2D eigenvalue weighted by Crippen LogP contribution is 2.26. The number of piperidine rings is 1. The molecule has 21 heavy (non-hydrogen) atoms. The van der Waals surface area contributed by atoms with Crippen LogP contribution in [0.4, 0.5) is 4.79 Å². The SMILES string of the molecule is CCNC(=O)NC(=O)C(C)N1CCC(C2OCCO2)CC1. The van der Waals surface area contributed by atoms with Gasteiger partial charge in [-0.05, 0) is 39.8 Å². The van der Waals surface area contributed by atoms with Gasteiger partial charge in [0.2, 0.25) is 5.91 Å². The van der Waals surface area contributed by atoms with Gasteiger partial charge in [0, 0.05) is 12.5 Å². The normalized spacial score (nSPS) is 23.0. The lowest BCUT2D eigenvalue weighted by Crippen LogP contribution is -2.52. The van der Waals surface area contributed by atoms with Crippen LogP contribution in [0.1, 0.15) is 26.7 Å². The van der Waals surface area contributed by atoms with Gasteiger partial charge in [0.1, 0.15) is 0 Å². The van der Waals surface area contributed by atoms with Gasteiger partial charge < -0.3 is 14.8 Å². The molecule has 0 saturated carbocycles. The van der Waals surface area contributed by atoms with Gasteiger partial charge in [-0.15, -0.1) is 0 Å². The Hall–Kier alpha value is -1.18. The summed E-state index contributed by atoms with van der Waals surface area (Å²) in [4.78, 5) is 25.5. The van der Waals surface area contributed by atoms with Crippen molar-refractivity contribution in [3.8, 4) is 0 Å². The first-order valence-corrected chi connectivity index (χ1v) is 7.67. The van der Waals surface area contributed by atoms with E-state index in [2.05, 4.69) is 15.5 Å². The van der Waals surface area contributed by atoms with Gasteiger partial charge in [-0.25, -0.2) is 4.79 Å². The molecule has 0 radical (unpaired) electrons. The van der Waals surface area contributed by atoms with Gasteiger partial charge in [-0.2, -0.15) is 0 Å². The van der Waals surface area contributed by atoms with Gasteiger partial charge in [0.15, 0.2) is 6.29 Å². The number of rotatable bonds is 4. The Bertz CT molecular complexity index is 363. The van der Waals surface area contributed by atoms with E-state index in [-0.39, 0.29) is 18.2 Å². The Morgan fingerprint density at radius 2 is 1.86 bits per heavy atom. The van der Waals surface area contributed by atoms with E-state index in [1.165, 1.54) is 0 Å². The summed E-state index contributed by atoms with van der Waals surface area (Å²) in [6.07, 6.45) is 1.82. The second-order valence-electron chi connectivity index (χ2n) is 5.51. The van der Waals surface area contributed by atoms with E-state index in [0.717, 1.165) is 25.9 Å². The third-order valence-electron chi connectivity index (χ3n) is 4.11. The summed E-state index contributed by atoms with van der Waals surface area (Å²) in [5.74, 6) is 0.148. The van der Waals surface area contributed by atoms with Crippen LogP contribution in [0.2, 0.25) is 0 Å². The highest BCUT2D eigenvalue weighted by Gasteiger charge is 2.33. The van der Waals surface area contributed by atoms with Crippen LogP contribution in [0.15, 0.2) is 0 Å². The number of amides is 3. The number of carbonyl (C=O) groups is 2. The quantitative estimate of drug-likeness (QED) is 0.781. The minimum absolute atomic E-state index is 0.0772. The van der Waals surface area contributed by atoms with E-state index >= 15 is 0 Å². The van der Waals surface area contributed by atoms with Gasteiger partial charge in [0.05, 0.1) is 19.3 Å². The number of nitrogens with zero attached hydrogens (tertiary/aromatic N) is 1. The van der Waals surface area contributed by atoms with Crippen molar-refractivity contribution in [3.05, 3.63) is 0 Å². The van der Waals surface area contributed by atoms with Crippen molar-refractivity contribution in [1.29, 1.82) is 0 Å². The Kier molecular flexibility index (Phi) is 5.96. The van der Waals surface area contributed by atoms with Gasteiger partial charge in [-0.1, -0.05) is 0 Å². The molecule has 2 rings (SSSR count). The summed E-state index contributed by atoms with van der Waals surface area (Å²) in [5.41, 5.74) is 0. The van der Waals surface area contributed by atoms with Gasteiger partial charge in [-0.3, -0.25) is 15.0 Å². The smallest absolute Gasteiger partial charge is 0.321 e. The topological polar surface area (TPSA) is 79.9 Å². The molecule has 2 saturated heterocycles. The van der Waals surface area contributed by atoms with Crippen LogP contribution in [0.5, 0.6) is 0 Å². The molecule has 2 N–H and O–H groups in total. The number of urea groups is 1. The molecule has 1 atom stereocenters. The first kappa shape index (κ1) is 16.2. The van der Waals surface area contributed by atoms with Crippen LogP contribution in [0.3, 0.4) is 0 Å². The fourth-order valence-electron chi connectivity index (χ4n) is 2.81. The molecule has 2 heterocycles. The van der Waals surface area contributed by atoms with Crippen molar-refractivity contribution in [2.45, 2.75) is 39.0 Å². The molecule has 7 heteroatoms. The highest BCUT2D eigenvalue weighted by atomic mass is 16.7. The Balaban J connectivity index is 1.75. The average Bonchev–Trinajstić information content (AvgIpc) is 3.01. The zero-order valence-corrected chi connectivity index (χ0v) is 12.8. The Labute approximate surface area is 125 Å². The molecule has 0 aromatic carbocycles. The number of hydrogen-bond donors (Lipinski definition) is 2. The maximum absolute atomic E-state index is 12.0. The van der Waals surface area contributed by atoms with Crippen molar-refractivity contribution in [2.24, 2.45) is 5.92 Å². The summed E-state index contributed by atoms with van der Waals surface area (Å²) in [7, 11) is 0. The fourth-order valence-corrected chi connectivity index (χ4v) is 2.81. The van der Waals surface area contributed by atoms with Crippen LogP contribution in [0, 0.1) is 5.92 Å². The number of ether oxygens (including phenoxy) is 2. The van der Waals surface area contributed by atoms with Crippen molar-refractivity contribution in [2.75, 3.05) is 32.8 Å². The lowest BCUT2D eigenvalue weighted by atomic mass is 9.95. The van der Waals surface area contributed by atoms with E-state index in [4.69, 9.17) is 9.47 Å². The molecule has 1 unspecified atom stereocenters. The van der Waals surface area contributed by atoms with Gasteiger partial charge in [0.25, 0.3) is 0 Å². The summed E-state index contributed by atoms with van der Waals surface area (Å²) < 4.78 is 11.1. The van der Waals surface area contributed by atoms with Crippen LogP contribution < -0.4 is 10.6 Å². The minimum Gasteiger partial charge on any atom is -0.350 e. The van der Waals surface area contributed by atoms with Crippen LogP contribution in [-0.2, 0) is 14.3 Å². The summed E-state index contributed by atoms with van der Waals surface area (Å²) >= 11 is 0. The number of likely N-dealkylation sites (tertiary alicyclic amines) is 1. The van der Waals surface area contributed by atoms with Crippen molar-refractivity contribution >= 4 is 11.9 Å². The average molecular weight is 299 g/mol. The molecule has 2 aliphatic heterocycles. The van der Waals surface area contributed by atoms with E-state index < -0.39 is 6.03 Å². The second-order valence-corrected chi connectivity index (χ2v) is 5.51. The molecule has 3 amide bonds.